The van der Waals surface area contributed by atoms with Gasteiger partial charge >= 0.3 is 0 Å². The van der Waals surface area contributed by atoms with Crippen LogP contribution >= 0.6 is 0 Å². The minimum Gasteiger partial charge on any atom is -0.344 e. The lowest BCUT2D eigenvalue weighted by Gasteiger charge is -2.23. The number of rotatable bonds is 4. The molecule has 0 aliphatic carbocycles. The van der Waals surface area contributed by atoms with Gasteiger partial charge in [-0.3, -0.25) is 4.79 Å². The first-order valence-corrected chi connectivity index (χ1v) is 6.71. The van der Waals surface area contributed by atoms with E-state index in [9.17, 15) is 4.79 Å². The highest BCUT2D eigenvalue weighted by Gasteiger charge is 2.30. The molecule has 3 nitrogen and oxygen atoms in total. The third-order valence-corrected chi connectivity index (χ3v) is 3.75. The van der Waals surface area contributed by atoms with Gasteiger partial charge in [0.25, 0.3) is 0 Å². The summed E-state index contributed by atoms with van der Waals surface area (Å²) in [4.78, 5) is 14.1. The maximum Gasteiger partial charge on any atom is 0.239 e. The van der Waals surface area contributed by atoms with E-state index in [1.807, 2.05) is 30.1 Å². The highest BCUT2D eigenvalue weighted by molar-refractivity contribution is 5.82. The summed E-state index contributed by atoms with van der Waals surface area (Å²) in [6.07, 6.45) is 2.02. The second-order valence-electron chi connectivity index (χ2n) is 5.19. The number of amides is 1. The van der Waals surface area contributed by atoms with E-state index in [2.05, 4.69) is 24.4 Å². The molecule has 1 fully saturated rings. The molecule has 1 N–H and O–H groups in total. The number of benzene rings is 1. The smallest absolute Gasteiger partial charge is 0.239 e. The van der Waals surface area contributed by atoms with E-state index in [1.54, 1.807) is 0 Å². The van der Waals surface area contributed by atoms with Gasteiger partial charge in [0.15, 0.2) is 0 Å². The maximum absolute atomic E-state index is 12.2. The molecule has 0 radical (unpaired) electrons. The van der Waals surface area contributed by atoms with Crippen LogP contribution in [0.15, 0.2) is 30.3 Å². The number of hydrogen-bond acceptors (Lipinski definition) is 2. The van der Waals surface area contributed by atoms with E-state index < -0.39 is 0 Å². The van der Waals surface area contributed by atoms with E-state index in [4.69, 9.17) is 0 Å². The van der Waals surface area contributed by atoms with Crippen molar-refractivity contribution in [3.8, 4) is 0 Å². The van der Waals surface area contributed by atoms with Gasteiger partial charge in [0.05, 0.1) is 6.04 Å². The van der Waals surface area contributed by atoms with Crippen LogP contribution in [0.2, 0.25) is 0 Å². The zero-order valence-corrected chi connectivity index (χ0v) is 11.2. The predicted octanol–water partition coefficient (Wildman–Crippen LogP) is 1.69. The molecule has 2 atom stereocenters. The molecular formula is C15H22N2O. The SMILES string of the molecule is CC1CCNC1C(=O)N(C)CCc1ccccc1. The Bertz CT molecular complexity index is 391. The molecule has 2 rings (SSSR count). The van der Waals surface area contributed by atoms with Gasteiger partial charge in [-0.05, 0) is 30.9 Å². The standard InChI is InChI=1S/C15H22N2O/c1-12-8-10-16-14(12)15(18)17(2)11-9-13-6-4-3-5-7-13/h3-7,12,14,16H,8-11H2,1-2H3. The first-order chi connectivity index (χ1) is 8.68. The lowest BCUT2D eigenvalue weighted by molar-refractivity contribution is -0.132. The third-order valence-electron chi connectivity index (χ3n) is 3.75. The summed E-state index contributed by atoms with van der Waals surface area (Å²) in [5.74, 6) is 0.688. The third kappa shape index (κ3) is 3.10. The summed E-state index contributed by atoms with van der Waals surface area (Å²) in [5.41, 5.74) is 1.28. The van der Waals surface area contributed by atoms with Gasteiger partial charge in [0.1, 0.15) is 0 Å². The van der Waals surface area contributed by atoms with E-state index in [1.165, 1.54) is 5.56 Å². The molecule has 1 aromatic carbocycles. The molecule has 18 heavy (non-hydrogen) atoms. The molecule has 1 saturated heterocycles. The molecule has 0 aromatic heterocycles. The first kappa shape index (κ1) is 13.1. The van der Waals surface area contributed by atoms with Crippen LogP contribution in [0.5, 0.6) is 0 Å². The number of nitrogens with one attached hydrogen (secondary N) is 1. The van der Waals surface area contributed by atoms with Crippen molar-refractivity contribution in [2.75, 3.05) is 20.1 Å². The van der Waals surface area contributed by atoms with Crippen molar-refractivity contribution >= 4 is 5.91 Å². The fraction of sp³-hybridized carbons (Fsp3) is 0.533. The molecule has 3 heteroatoms. The van der Waals surface area contributed by atoms with E-state index >= 15 is 0 Å². The Labute approximate surface area is 109 Å². The maximum atomic E-state index is 12.2. The second kappa shape index (κ2) is 6.01. The van der Waals surface area contributed by atoms with Crippen LogP contribution < -0.4 is 5.32 Å². The highest BCUT2D eigenvalue weighted by Crippen LogP contribution is 2.16. The molecule has 1 aliphatic rings. The van der Waals surface area contributed by atoms with E-state index in [0.29, 0.717) is 5.92 Å². The average Bonchev–Trinajstić information content (AvgIpc) is 2.82. The van der Waals surface area contributed by atoms with Gasteiger partial charge in [-0.25, -0.2) is 0 Å². The zero-order valence-electron chi connectivity index (χ0n) is 11.2. The van der Waals surface area contributed by atoms with E-state index in [0.717, 1.165) is 25.9 Å². The fourth-order valence-corrected chi connectivity index (χ4v) is 2.45. The molecule has 0 spiro atoms. The summed E-state index contributed by atoms with van der Waals surface area (Å²) < 4.78 is 0. The van der Waals surface area contributed by atoms with Gasteiger partial charge in [0.2, 0.25) is 5.91 Å². The molecule has 2 unspecified atom stereocenters. The van der Waals surface area contributed by atoms with Crippen LogP contribution in [0, 0.1) is 5.92 Å². The number of nitrogens with zero attached hydrogens (tertiary/aromatic N) is 1. The largest absolute Gasteiger partial charge is 0.344 e. The second-order valence-corrected chi connectivity index (χ2v) is 5.19. The highest BCUT2D eigenvalue weighted by atomic mass is 16.2. The Morgan fingerprint density at radius 1 is 1.39 bits per heavy atom. The zero-order chi connectivity index (χ0) is 13.0. The minimum atomic E-state index is 0.0192. The van der Waals surface area contributed by atoms with Crippen LogP contribution in [0.3, 0.4) is 0 Å². The Morgan fingerprint density at radius 2 is 2.11 bits per heavy atom. The monoisotopic (exact) mass is 246 g/mol. The molecule has 0 saturated carbocycles. The lowest BCUT2D eigenvalue weighted by atomic mass is 10.0. The van der Waals surface area contributed by atoms with Gasteiger partial charge in [-0.2, -0.15) is 0 Å². The van der Waals surface area contributed by atoms with Crippen LogP contribution in [0.25, 0.3) is 0 Å². The van der Waals surface area contributed by atoms with E-state index in [-0.39, 0.29) is 11.9 Å². The van der Waals surface area contributed by atoms with Gasteiger partial charge in [0, 0.05) is 13.6 Å². The minimum absolute atomic E-state index is 0.0192. The molecule has 0 bridgehead atoms. The van der Waals surface area contributed by atoms with Crippen LogP contribution in [0.1, 0.15) is 18.9 Å². The first-order valence-electron chi connectivity index (χ1n) is 6.71. The van der Waals surface area contributed by atoms with Gasteiger partial charge in [-0.15, -0.1) is 0 Å². The van der Waals surface area contributed by atoms with Crippen molar-refractivity contribution in [2.45, 2.75) is 25.8 Å². The Morgan fingerprint density at radius 3 is 2.72 bits per heavy atom. The molecule has 1 aliphatic heterocycles. The summed E-state index contributed by atoms with van der Waals surface area (Å²) in [7, 11) is 1.90. The van der Waals surface area contributed by atoms with Crippen molar-refractivity contribution in [2.24, 2.45) is 5.92 Å². The number of carbonyl (C=O) groups excluding carboxylic acids is 1. The predicted molar refractivity (Wildman–Crippen MR) is 73.4 cm³/mol. The van der Waals surface area contributed by atoms with Crippen molar-refractivity contribution in [3.63, 3.8) is 0 Å². The summed E-state index contributed by atoms with van der Waals surface area (Å²) >= 11 is 0. The van der Waals surface area contributed by atoms with Crippen LogP contribution in [0.4, 0.5) is 0 Å². The molecule has 1 heterocycles. The summed E-state index contributed by atoms with van der Waals surface area (Å²) in [6, 6.07) is 10.3. The Kier molecular flexibility index (Phi) is 4.37. The normalized spacial score (nSPS) is 23.0. The quantitative estimate of drug-likeness (QED) is 0.876. The van der Waals surface area contributed by atoms with Crippen molar-refractivity contribution in [1.82, 2.24) is 10.2 Å². The summed E-state index contributed by atoms with van der Waals surface area (Å²) in [6.45, 7) is 3.89. The number of hydrogen-bond donors (Lipinski definition) is 1. The van der Waals surface area contributed by atoms with Crippen molar-refractivity contribution < 1.29 is 4.79 Å². The van der Waals surface area contributed by atoms with Gasteiger partial charge in [-0.1, -0.05) is 37.3 Å². The topological polar surface area (TPSA) is 32.3 Å². The van der Waals surface area contributed by atoms with Crippen molar-refractivity contribution in [3.05, 3.63) is 35.9 Å². The summed E-state index contributed by atoms with van der Waals surface area (Å²) in [5, 5.41) is 3.29. The molecule has 1 amide bonds. The van der Waals surface area contributed by atoms with Gasteiger partial charge < -0.3 is 10.2 Å². The Balaban J connectivity index is 1.84. The fourth-order valence-electron chi connectivity index (χ4n) is 2.45. The molecular weight excluding hydrogens is 224 g/mol. The Hall–Kier alpha value is -1.35. The average molecular weight is 246 g/mol. The van der Waals surface area contributed by atoms with Crippen molar-refractivity contribution in [1.29, 1.82) is 0 Å². The number of carbonyl (C=O) groups is 1. The van der Waals surface area contributed by atoms with Crippen LogP contribution in [-0.4, -0.2) is 37.0 Å². The lowest BCUT2D eigenvalue weighted by Crippen LogP contribution is -2.44. The molecule has 1 aromatic rings. The van der Waals surface area contributed by atoms with Crippen LogP contribution in [-0.2, 0) is 11.2 Å². The number of likely N-dealkylation sites (N-methyl/N-ethyl adjacent to an activating group) is 1. The molecule has 98 valence electrons.